The van der Waals surface area contributed by atoms with Crippen LogP contribution in [-0.2, 0) is 10.0 Å². The summed E-state index contributed by atoms with van der Waals surface area (Å²) in [6, 6.07) is 6.45. The fourth-order valence-electron chi connectivity index (χ4n) is 1.71. The average Bonchev–Trinajstić information content (AvgIpc) is 2.58. The Labute approximate surface area is 147 Å². The second-order valence-corrected chi connectivity index (χ2v) is 8.14. The van der Waals surface area contributed by atoms with Crippen LogP contribution < -0.4 is 15.4 Å². The van der Waals surface area contributed by atoms with Crippen molar-refractivity contribution in [2.45, 2.75) is 18.2 Å². The van der Waals surface area contributed by atoms with Crippen molar-refractivity contribution in [1.29, 1.82) is 0 Å². The summed E-state index contributed by atoms with van der Waals surface area (Å²) in [5.74, 6) is 1.40. The van der Waals surface area contributed by atoms with Crippen molar-refractivity contribution in [2.75, 3.05) is 38.2 Å². The number of guanidine groups is 1. The van der Waals surface area contributed by atoms with Crippen LogP contribution >= 0.6 is 11.8 Å². The topological polar surface area (TPSA) is 82.6 Å². The van der Waals surface area contributed by atoms with Crippen molar-refractivity contribution in [3.05, 3.63) is 30.1 Å². The maximum absolute atomic E-state index is 12.8. The third kappa shape index (κ3) is 9.09. The number of aliphatic imine (C=N–C) groups is 1. The van der Waals surface area contributed by atoms with Crippen LogP contribution in [0.4, 0.5) is 4.39 Å². The molecule has 3 N–H and O–H groups in total. The Balaban J connectivity index is 2.12. The first-order chi connectivity index (χ1) is 11.5. The van der Waals surface area contributed by atoms with Gasteiger partial charge in [-0.05, 0) is 43.4 Å². The third-order valence-corrected chi connectivity index (χ3v) is 5.54. The SMILES string of the molecule is CCS(=O)(=O)NCCNC(=NC)NCCCSc1ccc(F)cc1. The van der Waals surface area contributed by atoms with Crippen molar-refractivity contribution in [3.8, 4) is 0 Å². The van der Waals surface area contributed by atoms with E-state index in [-0.39, 0.29) is 11.6 Å². The van der Waals surface area contributed by atoms with Crippen LogP contribution in [0.15, 0.2) is 34.2 Å². The van der Waals surface area contributed by atoms with E-state index in [2.05, 4.69) is 20.3 Å². The maximum atomic E-state index is 12.8. The molecule has 0 amide bonds. The Bertz CT molecular complexity index is 606. The Hall–Kier alpha value is -1.32. The summed E-state index contributed by atoms with van der Waals surface area (Å²) in [7, 11) is -1.49. The lowest BCUT2D eigenvalue weighted by Crippen LogP contribution is -2.42. The molecule has 0 radical (unpaired) electrons. The van der Waals surface area contributed by atoms with Gasteiger partial charge in [-0.25, -0.2) is 17.5 Å². The van der Waals surface area contributed by atoms with Crippen LogP contribution in [0, 0.1) is 5.82 Å². The van der Waals surface area contributed by atoms with Crippen molar-refractivity contribution in [2.24, 2.45) is 4.99 Å². The minimum absolute atomic E-state index is 0.0751. The lowest BCUT2D eigenvalue weighted by atomic mass is 10.4. The van der Waals surface area contributed by atoms with Crippen molar-refractivity contribution < 1.29 is 12.8 Å². The lowest BCUT2D eigenvalue weighted by Gasteiger charge is -2.12. The van der Waals surface area contributed by atoms with E-state index in [1.54, 1.807) is 37.9 Å². The fraction of sp³-hybridized carbons (Fsp3) is 0.533. The highest BCUT2D eigenvalue weighted by Gasteiger charge is 2.04. The molecule has 0 heterocycles. The zero-order chi connectivity index (χ0) is 17.8. The summed E-state index contributed by atoms with van der Waals surface area (Å²) in [4.78, 5) is 5.12. The number of hydrogen-bond acceptors (Lipinski definition) is 4. The monoisotopic (exact) mass is 376 g/mol. The van der Waals surface area contributed by atoms with Crippen LogP contribution in [0.2, 0.25) is 0 Å². The number of benzene rings is 1. The lowest BCUT2D eigenvalue weighted by molar-refractivity contribution is 0.582. The maximum Gasteiger partial charge on any atom is 0.211 e. The van der Waals surface area contributed by atoms with Gasteiger partial charge in [-0.1, -0.05) is 0 Å². The van der Waals surface area contributed by atoms with Crippen LogP contribution in [0.3, 0.4) is 0 Å². The van der Waals surface area contributed by atoms with Gasteiger partial charge in [0, 0.05) is 31.6 Å². The van der Waals surface area contributed by atoms with Gasteiger partial charge in [0.25, 0.3) is 0 Å². The molecule has 1 rings (SSSR count). The molecule has 24 heavy (non-hydrogen) atoms. The van der Waals surface area contributed by atoms with E-state index in [0.717, 1.165) is 23.6 Å². The molecule has 0 aliphatic rings. The molecule has 1 aromatic rings. The second kappa shape index (κ2) is 11.3. The molecule has 9 heteroatoms. The molecule has 0 aliphatic carbocycles. The van der Waals surface area contributed by atoms with Gasteiger partial charge in [0.1, 0.15) is 5.82 Å². The molecule has 0 atom stereocenters. The molecular weight excluding hydrogens is 351 g/mol. The second-order valence-electron chi connectivity index (χ2n) is 4.88. The fourth-order valence-corrected chi connectivity index (χ4v) is 3.18. The van der Waals surface area contributed by atoms with E-state index in [1.807, 2.05) is 0 Å². The first-order valence-corrected chi connectivity index (χ1v) is 10.4. The molecule has 6 nitrogen and oxygen atoms in total. The predicted octanol–water partition coefficient (Wildman–Crippen LogP) is 1.41. The van der Waals surface area contributed by atoms with Gasteiger partial charge in [-0.3, -0.25) is 4.99 Å². The molecule has 0 aliphatic heterocycles. The molecule has 0 aromatic heterocycles. The summed E-state index contributed by atoms with van der Waals surface area (Å²) < 4.78 is 37.8. The minimum Gasteiger partial charge on any atom is -0.356 e. The first-order valence-electron chi connectivity index (χ1n) is 7.77. The molecule has 0 fully saturated rings. The highest BCUT2D eigenvalue weighted by molar-refractivity contribution is 7.99. The molecule has 0 bridgehead atoms. The number of nitrogens with zero attached hydrogens (tertiary/aromatic N) is 1. The van der Waals surface area contributed by atoms with E-state index >= 15 is 0 Å². The molecule has 0 spiro atoms. The molecule has 0 saturated heterocycles. The van der Waals surface area contributed by atoms with Gasteiger partial charge in [-0.15, -0.1) is 11.8 Å². The van der Waals surface area contributed by atoms with Crippen LogP contribution in [0.5, 0.6) is 0 Å². The highest BCUT2D eigenvalue weighted by Crippen LogP contribution is 2.18. The number of rotatable bonds is 10. The summed E-state index contributed by atoms with van der Waals surface area (Å²) in [6.45, 7) is 3.12. The first kappa shape index (κ1) is 20.7. The van der Waals surface area contributed by atoms with Crippen molar-refractivity contribution in [3.63, 3.8) is 0 Å². The zero-order valence-corrected chi connectivity index (χ0v) is 15.6. The predicted molar refractivity (Wildman–Crippen MR) is 98.6 cm³/mol. The Kier molecular flexibility index (Phi) is 9.73. The van der Waals surface area contributed by atoms with Gasteiger partial charge < -0.3 is 10.6 Å². The zero-order valence-electron chi connectivity index (χ0n) is 14.0. The normalized spacial score (nSPS) is 12.2. The number of halogens is 1. The molecule has 136 valence electrons. The smallest absolute Gasteiger partial charge is 0.211 e. The van der Waals surface area contributed by atoms with Crippen molar-refractivity contribution in [1.82, 2.24) is 15.4 Å². The number of hydrogen-bond donors (Lipinski definition) is 3. The minimum atomic E-state index is -3.15. The van der Waals surface area contributed by atoms with Crippen LogP contribution in [0.25, 0.3) is 0 Å². The van der Waals surface area contributed by atoms with E-state index < -0.39 is 10.0 Å². The standard InChI is InChI=1S/C15H25FN4O2S2/c1-3-24(21,22)20-11-10-19-15(17-2)18-9-4-12-23-14-7-5-13(16)6-8-14/h5-8,20H,3-4,9-12H2,1-2H3,(H2,17,18,19). The number of nitrogens with one attached hydrogen (secondary N) is 3. The summed E-state index contributed by atoms with van der Waals surface area (Å²) in [5.41, 5.74) is 0. The largest absolute Gasteiger partial charge is 0.356 e. The molecule has 0 saturated carbocycles. The Morgan fingerprint density at radius 3 is 2.46 bits per heavy atom. The van der Waals surface area contributed by atoms with Gasteiger partial charge in [0.15, 0.2) is 5.96 Å². The van der Waals surface area contributed by atoms with E-state index in [4.69, 9.17) is 0 Å². The van der Waals surface area contributed by atoms with Crippen LogP contribution in [0.1, 0.15) is 13.3 Å². The number of sulfonamides is 1. The van der Waals surface area contributed by atoms with Gasteiger partial charge >= 0.3 is 0 Å². The van der Waals surface area contributed by atoms with Gasteiger partial charge in [0.2, 0.25) is 10.0 Å². The molecular formula is C15H25FN4O2S2. The van der Waals surface area contributed by atoms with Gasteiger partial charge in [0.05, 0.1) is 5.75 Å². The Morgan fingerprint density at radius 2 is 1.83 bits per heavy atom. The summed E-state index contributed by atoms with van der Waals surface area (Å²) in [6.07, 6.45) is 0.922. The van der Waals surface area contributed by atoms with E-state index in [1.165, 1.54) is 12.1 Å². The average molecular weight is 377 g/mol. The number of thioether (sulfide) groups is 1. The summed E-state index contributed by atoms with van der Waals surface area (Å²) >= 11 is 1.67. The summed E-state index contributed by atoms with van der Waals surface area (Å²) in [5, 5.41) is 6.21. The van der Waals surface area contributed by atoms with Crippen molar-refractivity contribution >= 4 is 27.7 Å². The Morgan fingerprint density at radius 1 is 1.17 bits per heavy atom. The molecule has 1 aromatic carbocycles. The quantitative estimate of drug-likeness (QED) is 0.249. The van der Waals surface area contributed by atoms with E-state index in [0.29, 0.717) is 19.0 Å². The highest BCUT2D eigenvalue weighted by atomic mass is 32.2. The van der Waals surface area contributed by atoms with E-state index in [9.17, 15) is 12.8 Å². The van der Waals surface area contributed by atoms with Gasteiger partial charge in [-0.2, -0.15) is 0 Å². The van der Waals surface area contributed by atoms with Crippen LogP contribution in [-0.4, -0.2) is 52.6 Å². The molecule has 0 unspecified atom stereocenters. The third-order valence-electron chi connectivity index (χ3n) is 3.04.